The SMILES string of the molecule is Clc1cc(Br)cc(-c2nnc(CBr)n2-c2ccccc2)c1. The van der Waals surface area contributed by atoms with Crippen molar-refractivity contribution in [2.75, 3.05) is 0 Å². The van der Waals surface area contributed by atoms with Crippen LogP contribution in [-0.2, 0) is 5.33 Å². The van der Waals surface area contributed by atoms with E-state index in [9.17, 15) is 0 Å². The quantitative estimate of drug-likeness (QED) is 0.535. The molecule has 2 aromatic carbocycles. The van der Waals surface area contributed by atoms with Crippen LogP contribution in [-0.4, -0.2) is 14.8 Å². The van der Waals surface area contributed by atoms with E-state index in [1.165, 1.54) is 0 Å². The second kappa shape index (κ2) is 6.30. The lowest BCUT2D eigenvalue weighted by molar-refractivity contribution is 0.962. The standard InChI is InChI=1S/C15H10Br2ClN3/c16-9-14-19-20-15(10-6-11(17)8-12(18)7-10)21(14)13-4-2-1-3-5-13/h1-8H,9H2. The fourth-order valence-corrected chi connectivity index (χ4v) is 3.34. The highest BCUT2D eigenvalue weighted by Crippen LogP contribution is 2.29. The van der Waals surface area contributed by atoms with Gasteiger partial charge in [0.2, 0.25) is 0 Å². The zero-order chi connectivity index (χ0) is 14.8. The van der Waals surface area contributed by atoms with Gasteiger partial charge in [-0.1, -0.05) is 61.7 Å². The Morgan fingerprint density at radius 3 is 2.48 bits per heavy atom. The minimum absolute atomic E-state index is 0.622. The van der Waals surface area contributed by atoms with Gasteiger partial charge in [-0.15, -0.1) is 10.2 Å². The molecule has 6 heteroatoms. The topological polar surface area (TPSA) is 30.7 Å². The highest BCUT2D eigenvalue weighted by atomic mass is 79.9. The Labute approximate surface area is 144 Å². The maximum Gasteiger partial charge on any atom is 0.168 e. The van der Waals surface area contributed by atoms with E-state index in [2.05, 4.69) is 42.1 Å². The molecule has 0 saturated heterocycles. The summed E-state index contributed by atoms with van der Waals surface area (Å²) in [5.74, 6) is 1.60. The normalized spacial score (nSPS) is 10.8. The van der Waals surface area contributed by atoms with E-state index < -0.39 is 0 Å². The lowest BCUT2D eigenvalue weighted by Crippen LogP contribution is -2.01. The molecule has 0 N–H and O–H groups in total. The van der Waals surface area contributed by atoms with Crippen molar-refractivity contribution >= 4 is 43.5 Å². The third-order valence-electron chi connectivity index (χ3n) is 2.98. The molecule has 0 spiro atoms. The molecule has 3 rings (SSSR count). The first kappa shape index (κ1) is 14.8. The summed E-state index contributed by atoms with van der Waals surface area (Å²) in [5.41, 5.74) is 1.93. The third kappa shape index (κ3) is 3.05. The first-order valence-corrected chi connectivity index (χ1v) is 8.50. The van der Waals surface area contributed by atoms with Crippen LogP contribution in [0.2, 0.25) is 5.02 Å². The average molecular weight is 428 g/mol. The zero-order valence-electron chi connectivity index (χ0n) is 10.8. The van der Waals surface area contributed by atoms with Gasteiger partial charge in [-0.3, -0.25) is 4.57 Å². The summed E-state index contributed by atoms with van der Waals surface area (Å²) in [5, 5.41) is 9.85. The van der Waals surface area contributed by atoms with Gasteiger partial charge in [-0.25, -0.2) is 0 Å². The largest absolute Gasteiger partial charge is 0.278 e. The predicted molar refractivity (Wildman–Crippen MR) is 92.1 cm³/mol. The average Bonchev–Trinajstić information content (AvgIpc) is 2.91. The Hall–Kier alpha value is -1.17. The van der Waals surface area contributed by atoms with E-state index >= 15 is 0 Å². The molecule has 0 fully saturated rings. The molecule has 1 heterocycles. The van der Waals surface area contributed by atoms with Crippen molar-refractivity contribution in [3.63, 3.8) is 0 Å². The van der Waals surface area contributed by atoms with Gasteiger partial charge in [0, 0.05) is 20.7 Å². The monoisotopic (exact) mass is 425 g/mol. The van der Waals surface area contributed by atoms with Gasteiger partial charge < -0.3 is 0 Å². The highest BCUT2D eigenvalue weighted by Gasteiger charge is 2.15. The fourth-order valence-electron chi connectivity index (χ4n) is 2.12. The van der Waals surface area contributed by atoms with Crippen LogP contribution in [0.15, 0.2) is 53.0 Å². The summed E-state index contributed by atoms with van der Waals surface area (Å²) in [6, 6.07) is 15.7. The van der Waals surface area contributed by atoms with Crippen molar-refractivity contribution in [3.05, 3.63) is 63.9 Å². The molecule has 3 nitrogen and oxygen atoms in total. The number of benzene rings is 2. The molecule has 0 aliphatic carbocycles. The van der Waals surface area contributed by atoms with Crippen LogP contribution in [0.5, 0.6) is 0 Å². The van der Waals surface area contributed by atoms with E-state index in [4.69, 9.17) is 11.6 Å². The van der Waals surface area contributed by atoms with Crippen LogP contribution < -0.4 is 0 Å². The first-order chi connectivity index (χ1) is 10.2. The van der Waals surface area contributed by atoms with Gasteiger partial charge in [-0.05, 0) is 30.3 Å². The van der Waals surface area contributed by atoms with E-state index in [-0.39, 0.29) is 0 Å². The molecular weight excluding hydrogens is 417 g/mol. The van der Waals surface area contributed by atoms with Crippen molar-refractivity contribution in [1.82, 2.24) is 14.8 Å². The van der Waals surface area contributed by atoms with E-state index in [0.717, 1.165) is 27.4 Å². The summed E-state index contributed by atoms with van der Waals surface area (Å²) < 4.78 is 2.93. The lowest BCUT2D eigenvalue weighted by Gasteiger charge is -2.10. The summed E-state index contributed by atoms with van der Waals surface area (Å²) in [4.78, 5) is 0. The van der Waals surface area contributed by atoms with Gasteiger partial charge in [-0.2, -0.15) is 0 Å². The Bertz CT molecular complexity index is 752. The van der Waals surface area contributed by atoms with Gasteiger partial charge in [0.25, 0.3) is 0 Å². The van der Waals surface area contributed by atoms with Crippen LogP contribution >= 0.6 is 43.5 Å². The maximum absolute atomic E-state index is 6.14. The number of nitrogens with zero attached hydrogens (tertiary/aromatic N) is 3. The molecule has 0 atom stereocenters. The molecule has 0 saturated carbocycles. The van der Waals surface area contributed by atoms with Crippen LogP contribution in [0.4, 0.5) is 0 Å². The van der Waals surface area contributed by atoms with Crippen LogP contribution in [0.25, 0.3) is 17.1 Å². The third-order valence-corrected chi connectivity index (χ3v) is 4.16. The van der Waals surface area contributed by atoms with Crippen molar-refractivity contribution in [1.29, 1.82) is 0 Å². The number of rotatable bonds is 3. The van der Waals surface area contributed by atoms with Gasteiger partial charge in [0.05, 0.1) is 5.33 Å². The van der Waals surface area contributed by atoms with Crippen molar-refractivity contribution in [3.8, 4) is 17.1 Å². The predicted octanol–water partition coefficient (Wildman–Crippen LogP) is 5.25. The molecule has 3 aromatic rings. The molecule has 0 amide bonds. The molecule has 0 bridgehead atoms. The van der Waals surface area contributed by atoms with Crippen molar-refractivity contribution in [2.24, 2.45) is 0 Å². The van der Waals surface area contributed by atoms with Gasteiger partial charge in [0.15, 0.2) is 5.82 Å². The van der Waals surface area contributed by atoms with Crippen LogP contribution in [0, 0.1) is 0 Å². The minimum Gasteiger partial charge on any atom is -0.278 e. The molecule has 1 aromatic heterocycles. The number of hydrogen-bond donors (Lipinski definition) is 0. The number of alkyl halides is 1. The molecule has 0 radical (unpaired) electrons. The second-order valence-electron chi connectivity index (χ2n) is 4.40. The smallest absolute Gasteiger partial charge is 0.168 e. The minimum atomic E-state index is 0.622. The fraction of sp³-hybridized carbons (Fsp3) is 0.0667. The van der Waals surface area contributed by atoms with E-state index in [1.54, 1.807) is 0 Å². The number of para-hydroxylation sites is 1. The maximum atomic E-state index is 6.14. The lowest BCUT2D eigenvalue weighted by atomic mass is 10.2. The summed E-state index contributed by atoms with van der Waals surface area (Å²) in [6.45, 7) is 0. The number of aromatic nitrogens is 3. The highest BCUT2D eigenvalue weighted by molar-refractivity contribution is 9.10. The Morgan fingerprint density at radius 2 is 1.81 bits per heavy atom. The Kier molecular flexibility index (Phi) is 4.42. The van der Waals surface area contributed by atoms with E-state index in [0.29, 0.717) is 10.4 Å². The molecule has 106 valence electrons. The second-order valence-corrected chi connectivity index (χ2v) is 6.32. The molecule has 0 aliphatic rings. The molecule has 0 unspecified atom stereocenters. The van der Waals surface area contributed by atoms with Gasteiger partial charge in [0.1, 0.15) is 5.82 Å². The Balaban J connectivity index is 2.22. The van der Waals surface area contributed by atoms with Crippen LogP contribution in [0.1, 0.15) is 5.82 Å². The summed E-state index contributed by atoms with van der Waals surface area (Å²) in [7, 11) is 0. The summed E-state index contributed by atoms with van der Waals surface area (Å²) in [6.07, 6.45) is 0. The molecular formula is C15H10Br2ClN3. The summed E-state index contributed by atoms with van der Waals surface area (Å²) >= 11 is 13.1. The van der Waals surface area contributed by atoms with E-state index in [1.807, 2.05) is 53.1 Å². The first-order valence-electron chi connectivity index (χ1n) is 6.21. The molecule has 0 aliphatic heterocycles. The number of halogens is 3. The van der Waals surface area contributed by atoms with Crippen molar-refractivity contribution < 1.29 is 0 Å². The van der Waals surface area contributed by atoms with Crippen LogP contribution in [0.3, 0.4) is 0 Å². The number of hydrogen-bond acceptors (Lipinski definition) is 2. The Morgan fingerprint density at radius 1 is 1.05 bits per heavy atom. The molecule has 21 heavy (non-hydrogen) atoms. The zero-order valence-corrected chi connectivity index (χ0v) is 14.7. The van der Waals surface area contributed by atoms with Gasteiger partial charge >= 0.3 is 0 Å². The van der Waals surface area contributed by atoms with Crippen molar-refractivity contribution in [2.45, 2.75) is 5.33 Å².